The lowest BCUT2D eigenvalue weighted by Crippen LogP contribution is -2.55. The van der Waals surface area contributed by atoms with Gasteiger partial charge in [-0.3, -0.25) is 14.4 Å². The number of carbonyl (C=O) groups excluding carboxylic acids is 3. The van der Waals surface area contributed by atoms with Gasteiger partial charge >= 0.3 is 0 Å². The van der Waals surface area contributed by atoms with E-state index >= 15 is 0 Å². The van der Waals surface area contributed by atoms with Gasteiger partial charge in [0.25, 0.3) is 5.91 Å². The fraction of sp³-hybridized carbons (Fsp3) is 0.472. The molecule has 240 valence electrons. The highest BCUT2D eigenvalue weighted by Crippen LogP contribution is 2.66. The minimum atomic E-state index is -0.737. The number of thioether (sulfide) groups is 1. The summed E-state index contributed by atoms with van der Waals surface area (Å²) in [6.45, 7) is 15.1. The zero-order chi connectivity index (χ0) is 32.1. The van der Waals surface area contributed by atoms with Gasteiger partial charge in [0.15, 0.2) is 0 Å². The van der Waals surface area contributed by atoms with Gasteiger partial charge in [-0.1, -0.05) is 42.5 Å². The zero-order valence-corrected chi connectivity index (χ0v) is 27.3. The van der Waals surface area contributed by atoms with E-state index in [0.29, 0.717) is 32.5 Å². The fourth-order valence-corrected chi connectivity index (χ4v) is 9.84. The van der Waals surface area contributed by atoms with Crippen LogP contribution in [0.5, 0.6) is 0 Å². The summed E-state index contributed by atoms with van der Waals surface area (Å²) in [6.07, 6.45) is 5.27. The number of aliphatic hydroxyl groups excluding tert-OH is 1. The van der Waals surface area contributed by atoms with Crippen LogP contribution in [0.25, 0.3) is 0 Å². The second-order valence-corrected chi connectivity index (χ2v) is 13.7. The summed E-state index contributed by atoms with van der Waals surface area (Å²) in [5.74, 6) is -1.48. The van der Waals surface area contributed by atoms with Crippen LogP contribution in [0.15, 0.2) is 79.9 Å². The van der Waals surface area contributed by atoms with Crippen molar-refractivity contribution in [2.45, 2.75) is 55.7 Å². The predicted molar refractivity (Wildman–Crippen MR) is 182 cm³/mol. The molecule has 2 aromatic carbocycles. The molecule has 0 saturated carbocycles. The van der Waals surface area contributed by atoms with E-state index in [1.54, 1.807) is 38.6 Å². The van der Waals surface area contributed by atoms with Gasteiger partial charge in [-0.2, -0.15) is 0 Å². The molecule has 5 atom stereocenters. The number of nitrogens with zero attached hydrogens (tertiary/aromatic N) is 4. The summed E-state index contributed by atoms with van der Waals surface area (Å²) < 4.78 is -0.707. The molecule has 2 aromatic rings. The van der Waals surface area contributed by atoms with Crippen molar-refractivity contribution in [3.63, 3.8) is 0 Å². The third-order valence-electron chi connectivity index (χ3n) is 9.62. The molecule has 1 spiro atoms. The molecule has 1 N–H and O–H groups in total. The molecular formula is C36H46N4O4S. The van der Waals surface area contributed by atoms with Crippen LogP contribution >= 0.6 is 11.8 Å². The topological polar surface area (TPSA) is 84.4 Å². The molecule has 3 aliphatic rings. The molecule has 2 unspecified atom stereocenters. The van der Waals surface area contributed by atoms with E-state index in [9.17, 15) is 19.5 Å². The Morgan fingerprint density at radius 2 is 1.67 bits per heavy atom. The van der Waals surface area contributed by atoms with E-state index in [2.05, 4.69) is 31.9 Å². The maximum Gasteiger partial charge on any atom is 0.251 e. The maximum atomic E-state index is 14.8. The molecule has 45 heavy (non-hydrogen) atoms. The van der Waals surface area contributed by atoms with E-state index in [-0.39, 0.29) is 36.1 Å². The average Bonchev–Trinajstić information content (AvgIpc) is 3.70. The van der Waals surface area contributed by atoms with Crippen LogP contribution < -0.4 is 9.80 Å². The van der Waals surface area contributed by atoms with E-state index in [0.717, 1.165) is 36.4 Å². The van der Waals surface area contributed by atoms with Gasteiger partial charge in [0.2, 0.25) is 11.8 Å². The van der Waals surface area contributed by atoms with Crippen LogP contribution in [0.2, 0.25) is 0 Å². The summed E-state index contributed by atoms with van der Waals surface area (Å²) >= 11 is 1.67. The van der Waals surface area contributed by atoms with Crippen molar-refractivity contribution in [3.8, 4) is 0 Å². The number of amides is 3. The lowest BCUT2D eigenvalue weighted by atomic mass is 9.70. The van der Waals surface area contributed by atoms with Crippen LogP contribution in [0.1, 0.15) is 38.7 Å². The van der Waals surface area contributed by atoms with Gasteiger partial charge < -0.3 is 24.7 Å². The number of hydrogen-bond donors (Lipinski definition) is 1. The van der Waals surface area contributed by atoms with Crippen molar-refractivity contribution in [1.29, 1.82) is 0 Å². The van der Waals surface area contributed by atoms with Crippen molar-refractivity contribution < 1.29 is 19.5 Å². The van der Waals surface area contributed by atoms with Crippen LogP contribution in [-0.2, 0) is 20.9 Å². The minimum Gasteiger partial charge on any atom is -0.396 e. The van der Waals surface area contributed by atoms with E-state index in [1.807, 2.05) is 54.6 Å². The highest BCUT2D eigenvalue weighted by Gasteiger charge is 2.74. The lowest BCUT2D eigenvalue weighted by Gasteiger charge is -2.37. The molecule has 2 bridgehead atoms. The van der Waals surface area contributed by atoms with E-state index in [4.69, 9.17) is 0 Å². The number of aliphatic hydroxyl groups is 1. The minimum absolute atomic E-state index is 0.0361. The Kier molecular flexibility index (Phi) is 10.4. The van der Waals surface area contributed by atoms with E-state index < -0.39 is 22.6 Å². The Morgan fingerprint density at radius 1 is 1.00 bits per heavy atom. The summed E-state index contributed by atoms with van der Waals surface area (Å²) in [7, 11) is 0. The van der Waals surface area contributed by atoms with Crippen LogP contribution in [0, 0.1) is 11.8 Å². The summed E-state index contributed by atoms with van der Waals surface area (Å²) in [5.41, 5.74) is 2.84. The summed E-state index contributed by atoms with van der Waals surface area (Å²) in [5, 5.41) is 9.70. The molecule has 0 radical (unpaired) electrons. The Hall–Kier alpha value is -3.56. The molecule has 3 amide bonds. The number of fused-ring (bicyclic) bond motifs is 1. The molecule has 3 aliphatic heterocycles. The third kappa shape index (κ3) is 6.04. The number of benzene rings is 2. The number of anilines is 2. The second-order valence-electron chi connectivity index (χ2n) is 12.1. The molecule has 3 fully saturated rings. The monoisotopic (exact) mass is 630 g/mol. The van der Waals surface area contributed by atoms with E-state index in [1.165, 1.54) is 0 Å². The van der Waals surface area contributed by atoms with Gasteiger partial charge in [0.1, 0.15) is 6.04 Å². The fourth-order valence-electron chi connectivity index (χ4n) is 7.63. The van der Waals surface area contributed by atoms with Crippen LogP contribution in [-0.4, -0.2) is 88.0 Å². The Bertz CT molecular complexity index is 1380. The quantitative estimate of drug-likeness (QED) is 0.287. The molecule has 0 aliphatic carbocycles. The maximum absolute atomic E-state index is 14.8. The summed E-state index contributed by atoms with van der Waals surface area (Å²) in [6, 6.07) is 17.1. The van der Waals surface area contributed by atoms with Gasteiger partial charge in [-0.15, -0.1) is 24.9 Å². The number of likely N-dealkylation sites (tertiary alicyclic amines) is 1. The molecular weight excluding hydrogens is 584 g/mol. The molecule has 8 nitrogen and oxygen atoms in total. The largest absolute Gasteiger partial charge is 0.396 e. The first kappa shape index (κ1) is 32.8. The zero-order valence-electron chi connectivity index (χ0n) is 26.5. The first-order valence-electron chi connectivity index (χ1n) is 16.1. The predicted octanol–water partition coefficient (Wildman–Crippen LogP) is 4.74. The van der Waals surface area contributed by atoms with Crippen LogP contribution in [0.4, 0.5) is 11.4 Å². The molecule has 3 heterocycles. The van der Waals surface area contributed by atoms with Gasteiger partial charge in [-0.05, 0) is 62.9 Å². The smallest absolute Gasteiger partial charge is 0.251 e. The molecule has 3 saturated heterocycles. The lowest BCUT2D eigenvalue weighted by molar-refractivity contribution is -0.144. The number of rotatable bonds is 15. The van der Waals surface area contributed by atoms with Gasteiger partial charge in [0, 0.05) is 62.5 Å². The first-order valence-corrected chi connectivity index (χ1v) is 17.0. The number of hydrogen-bond acceptors (Lipinski definition) is 6. The van der Waals surface area contributed by atoms with Crippen LogP contribution in [0.3, 0.4) is 0 Å². The average molecular weight is 631 g/mol. The standard InChI is InChI=1S/C36H46N4O4S/c1-5-21-38(25-26-13-10-9-11-14-26)33(42)30-29-19-20-36(45-29)31(30)34(43)40(23-12-24-41)32(36)35(44)39(22-6-2)28-17-15-27(16-18-28)37(7-3)8-4/h5-6,9-11,13-18,29-32,41H,1-2,7-8,12,19-25H2,3-4H3/t29-,30+,31-,32?,36?/m0/s1. The van der Waals surface area contributed by atoms with Crippen molar-refractivity contribution >= 4 is 40.9 Å². The summed E-state index contributed by atoms with van der Waals surface area (Å²) in [4.78, 5) is 50.9. The van der Waals surface area contributed by atoms with Gasteiger partial charge in [0.05, 0.1) is 16.6 Å². The Labute approximate surface area is 271 Å². The highest BCUT2D eigenvalue weighted by atomic mass is 32.2. The Balaban J connectivity index is 1.49. The first-order chi connectivity index (χ1) is 21.8. The SMILES string of the molecule is C=CCN(Cc1ccccc1)C(=O)[C@@H]1[C@@H]2CCC3(S2)C(C(=O)N(CC=C)c2ccc(N(CC)CC)cc2)N(CCCO)C(=O)[C@H]13. The van der Waals surface area contributed by atoms with Crippen molar-refractivity contribution in [1.82, 2.24) is 9.80 Å². The molecule has 5 rings (SSSR count). The normalized spacial score (nSPS) is 24.8. The number of carbonyl (C=O) groups is 3. The molecule has 0 aromatic heterocycles. The Morgan fingerprint density at radius 3 is 2.29 bits per heavy atom. The van der Waals surface area contributed by atoms with Crippen molar-refractivity contribution in [2.24, 2.45) is 11.8 Å². The van der Waals surface area contributed by atoms with Gasteiger partial charge in [-0.25, -0.2) is 0 Å². The van der Waals surface area contributed by atoms with Crippen molar-refractivity contribution in [2.75, 3.05) is 49.1 Å². The van der Waals surface area contributed by atoms with Crippen molar-refractivity contribution in [3.05, 3.63) is 85.5 Å². The third-order valence-corrected chi connectivity index (χ3v) is 11.6. The second kappa shape index (κ2) is 14.3. The molecule has 9 heteroatoms. The highest BCUT2D eigenvalue weighted by molar-refractivity contribution is 8.02.